The van der Waals surface area contributed by atoms with Gasteiger partial charge in [-0.25, -0.2) is 0 Å². The van der Waals surface area contributed by atoms with Crippen molar-refractivity contribution in [3.8, 4) is 0 Å². The van der Waals surface area contributed by atoms with Crippen molar-refractivity contribution in [1.29, 1.82) is 0 Å². The van der Waals surface area contributed by atoms with E-state index >= 15 is 0 Å². The summed E-state index contributed by atoms with van der Waals surface area (Å²) < 4.78 is 5.29. The zero-order chi connectivity index (χ0) is 18.7. The largest absolute Gasteiger partial charge is 0.481 e. The number of carbonyl (C=O) groups excluding carboxylic acids is 1. The second-order valence-corrected chi connectivity index (χ2v) is 6.74. The van der Waals surface area contributed by atoms with Crippen LogP contribution < -0.4 is 0 Å². The minimum Gasteiger partial charge on any atom is -0.481 e. The second-order valence-electron chi connectivity index (χ2n) is 6.74. The summed E-state index contributed by atoms with van der Waals surface area (Å²) in [5, 5.41) is 19.5. The lowest BCUT2D eigenvalue weighted by Crippen LogP contribution is -2.37. The number of furan rings is 1. The van der Waals surface area contributed by atoms with Crippen LogP contribution >= 0.6 is 0 Å². The Kier molecular flexibility index (Phi) is 5.42. The first-order chi connectivity index (χ1) is 12.5. The molecule has 138 valence electrons. The summed E-state index contributed by atoms with van der Waals surface area (Å²) in [5.41, 5.74) is 1.81. The summed E-state index contributed by atoms with van der Waals surface area (Å²) in [4.78, 5) is 25.8. The van der Waals surface area contributed by atoms with E-state index in [2.05, 4.69) is 0 Å². The van der Waals surface area contributed by atoms with E-state index in [1.54, 1.807) is 11.8 Å². The van der Waals surface area contributed by atoms with Crippen LogP contribution in [0.2, 0.25) is 0 Å². The van der Waals surface area contributed by atoms with Crippen LogP contribution in [-0.4, -0.2) is 39.6 Å². The fourth-order valence-corrected chi connectivity index (χ4v) is 3.61. The van der Waals surface area contributed by atoms with Crippen molar-refractivity contribution >= 4 is 11.9 Å². The van der Waals surface area contributed by atoms with E-state index in [4.69, 9.17) is 9.52 Å². The van der Waals surface area contributed by atoms with Crippen LogP contribution in [0.5, 0.6) is 0 Å². The lowest BCUT2D eigenvalue weighted by molar-refractivity contribution is -0.136. The molecule has 0 aliphatic carbocycles. The van der Waals surface area contributed by atoms with E-state index < -0.39 is 12.1 Å². The van der Waals surface area contributed by atoms with E-state index in [1.807, 2.05) is 30.3 Å². The number of aliphatic carboxylic acids is 1. The minimum absolute atomic E-state index is 0.0790. The number of benzene rings is 1. The van der Waals surface area contributed by atoms with E-state index in [9.17, 15) is 14.7 Å². The number of likely N-dealkylation sites (tertiary alicyclic amines) is 1. The third kappa shape index (κ3) is 3.80. The summed E-state index contributed by atoms with van der Waals surface area (Å²) in [7, 11) is 0. The van der Waals surface area contributed by atoms with E-state index in [-0.39, 0.29) is 24.1 Å². The van der Waals surface area contributed by atoms with Gasteiger partial charge in [0.15, 0.2) is 0 Å². The molecular formula is C20H23NO5. The van der Waals surface area contributed by atoms with Gasteiger partial charge in [-0.1, -0.05) is 30.3 Å². The smallest absolute Gasteiger partial charge is 0.311 e. The zero-order valence-electron chi connectivity index (χ0n) is 14.7. The average molecular weight is 357 g/mol. The number of aryl methyl sites for hydroxylation is 1. The Balaban J connectivity index is 1.77. The number of aliphatic hydroxyl groups is 1. The molecule has 1 aliphatic rings. The fraction of sp³-hybridized carbons (Fsp3) is 0.400. The van der Waals surface area contributed by atoms with Crippen molar-refractivity contribution in [3.63, 3.8) is 0 Å². The molecule has 2 atom stereocenters. The molecule has 1 fully saturated rings. The number of carbonyl (C=O) groups is 2. The number of nitrogens with zero attached hydrogens (tertiary/aromatic N) is 1. The highest BCUT2D eigenvalue weighted by Crippen LogP contribution is 2.30. The maximum atomic E-state index is 13.1. The SMILES string of the molecule is Cc1coc(CC(=O)O)c1C(=O)N1CCCC1CC(O)c1ccccc1. The fourth-order valence-electron chi connectivity index (χ4n) is 3.61. The molecule has 0 bridgehead atoms. The Labute approximate surface area is 152 Å². The first kappa shape index (κ1) is 18.2. The molecule has 1 aromatic heterocycles. The maximum absolute atomic E-state index is 13.1. The van der Waals surface area contributed by atoms with Gasteiger partial charge in [0, 0.05) is 18.2 Å². The highest BCUT2D eigenvalue weighted by atomic mass is 16.4. The first-order valence-electron chi connectivity index (χ1n) is 8.80. The molecule has 0 spiro atoms. The molecule has 26 heavy (non-hydrogen) atoms. The Hall–Kier alpha value is -2.60. The molecule has 1 saturated heterocycles. The van der Waals surface area contributed by atoms with Crippen molar-refractivity contribution < 1.29 is 24.2 Å². The predicted molar refractivity (Wildman–Crippen MR) is 94.9 cm³/mol. The van der Waals surface area contributed by atoms with Crippen LogP contribution in [0.25, 0.3) is 0 Å². The molecule has 2 heterocycles. The second kappa shape index (κ2) is 7.74. The van der Waals surface area contributed by atoms with Crippen LogP contribution in [0.1, 0.15) is 52.6 Å². The summed E-state index contributed by atoms with van der Waals surface area (Å²) in [6.07, 6.45) is 2.61. The molecule has 0 saturated carbocycles. The molecule has 1 aliphatic heterocycles. The van der Waals surface area contributed by atoms with E-state index in [0.29, 0.717) is 24.1 Å². The van der Waals surface area contributed by atoms with Gasteiger partial charge in [0.05, 0.1) is 17.9 Å². The molecule has 0 radical (unpaired) electrons. The van der Waals surface area contributed by atoms with Crippen molar-refractivity contribution in [1.82, 2.24) is 4.90 Å². The minimum atomic E-state index is -1.04. The van der Waals surface area contributed by atoms with Crippen molar-refractivity contribution in [2.24, 2.45) is 0 Å². The van der Waals surface area contributed by atoms with Gasteiger partial charge >= 0.3 is 5.97 Å². The van der Waals surface area contributed by atoms with Gasteiger partial charge in [0.2, 0.25) is 0 Å². The molecular weight excluding hydrogens is 334 g/mol. The Morgan fingerprint density at radius 3 is 2.73 bits per heavy atom. The van der Waals surface area contributed by atoms with E-state index in [1.165, 1.54) is 6.26 Å². The maximum Gasteiger partial charge on any atom is 0.311 e. The monoisotopic (exact) mass is 357 g/mol. The van der Waals surface area contributed by atoms with Crippen molar-refractivity contribution in [2.75, 3.05) is 6.54 Å². The highest BCUT2D eigenvalue weighted by Gasteiger charge is 2.34. The van der Waals surface area contributed by atoms with Gasteiger partial charge in [-0.3, -0.25) is 9.59 Å². The van der Waals surface area contributed by atoms with Crippen molar-refractivity contribution in [3.05, 3.63) is 59.0 Å². The van der Waals surface area contributed by atoms with Gasteiger partial charge in [-0.05, 0) is 31.7 Å². The zero-order valence-corrected chi connectivity index (χ0v) is 14.7. The van der Waals surface area contributed by atoms with Gasteiger partial charge in [0.1, 0.15) is 12.2 Å². The summed E-state index contributed by atoms with van der Waals surface area (Å²) in [5.74, 6) is -1.06. The molecule has 3 rings (SSSR count). The quantitative estimate of drug-likeness (QED) is 0.829. The van der Waals surface area contributed by atoms with Crippen LogP contribution in [0, 0.1) is 6.92 Å². The topological polar surface area (TPSA) is 91.0 Å². The van der Waals surface area contributed by atoms with Gasteiger partial charge in [-0.15, -0.1) is 0 Å². The Bertz CT molecular complexity index is 783. The Morgan fingerprint density at radius 2 is 2.04 bits per heavy atom. The molecule has 1 amide bonds. The number of rotatable bonds is 6. The molecule has 2 aromatic rings. The standard InChI is InChI=1S/C20H23NO5/c1-13-12-26-17(11-18(23)24)19(13)20(25)21-9-5-8-15(21)10-16(22)14-6-3-2-4-7-14/h2-4,6-7,12,15-16,22H,5,8-11H2,1H3,(H,23,24). The van der Waals surface area contributed by atoms with Crippen molar-refractivity contribution in [2.45, 2.75) is 44.8 Å². The summed E-state index contributed by atoms with van der Waals surface area (Å²) in [6, 6.07) is 9.32. The van der Waals surface area contributed by atoms with Crippen LogP contribution in [0.4, 0.5) is 0 Å². The molecule has 6 nitrogen and oxygen atoms in total. The average Bonchev–Trinajstić information content (AvgIpc) is 3.21. The number of aliphatic hydroxyl groups excluding tert-OH is 1. The molecule has 2 N–H and O–H groups in total. The third-order valence-electron chi connectivity index (χ3n) is 4.89. The molecule has 6 heteroatoms. The number of hydrogen-bond donors (Lipinski definition) is 2. The van der Waals surface area contributed by atoms with Gasteiger partial charge in [0.25, 0.3) is 5.91 Å². The molecule has 1 aromatic carbocycles. The van der Waals surface area contributed by atoms with Gasteiger partial charge < -0.3 is 19.5 Å². The summed E-state index contributed by atoms with van der Waals surface area (Å²) >= 11 is 0. The van der Waals surface area contributed by atoms with E-state index in [0.717, 1.165) is 18.4 Å². The highest BCUT2D eigenvalue weighted by molar-refractivity contribution is 5.97. The number of carboxylic acid groups (broad SMARTS) is 1. The predicted octanol–water partition coefficient (Wildman–Crippen LogP) is 2.94. The number of carboxylic acids is 1. The first-order valence-corrected chi connectivity index (χ1v) is 8.80. The van der Waals surface area contributed by atoms with Crippen LogP contribution in [0.3, 0.4) is 0 Å². The number of amides is 1. The molecule has 2 unspecified atom stereocenters. The van der Waals surface area contributed by atoms with Crippen LogP contribution in [-0.2, 0) is 11.2 Å². The Morgan fingerprint density at radius 1 is 1.31 bits per heavy atom. The lowest BCUT2D eigenvalue weighted by Gasteiger charge is -2.27. The number of hydrogen-bond acceptors (Lipinski definition) is 4. The van der Waals surface area contributed by atoms with Crippen LogP contribution in [0.15, 0.2) is 41.0 Å². The summed E-state index contributed by atoms with van der Waals surface area (Å²) in [6.45, 7) is 2.34. The van der Waals surface area contributed by atoms with Gasteiger partial charge in [-0.2, -0.15) is 0 Å². The lowest BCUT2D eigenvalue weighted by atomic mass is 10.00. The normalized spacial score (nSPS) is 18.1. The third-order valence-corrected chi connectivity index (χ3v) is 4.89.